The van der Waals surface area contributed by atoms with Gasteiger partial charge in [0.15, 0.2) is 0 Å². The zero-order valence-electron chi connectivity index (χ0n) is 14.7. The van der Waals surface area contributed by atoms with Gasteiger partial charge in [-0.25, -0.2) is 0 Å². The molecule has 0 radical (unpaired) electrons. The molecule has 1 aliphatic heterocycles. The van der Waals surface area contributed by atoms with Crippen molar-refractivity contribution in [2.45, 2.75) is 19.4 Å². The summed E-state index contributed by atoms with van der Waals surface area (Å²) in [6, 6.07) is 12.1. The van der Waals surface area contributed by atoms with Crippen molar-refractivity contribution in [2.24, 2.45) is 0 Å². The zero-order valence-corrected chi connectivity index (χ0v) is 14.7. The number of benzene rings is 1. The van der Waals surface area contributed by atoms with Crippen molar-refractivity contribution in [3.05, 3.63) is 47.7 Å². The molecule has 7 heteroatoms. The van der Waals surface area contributed by atoms with Gasteiger partial charge < -0.3 is 15.3 Å². The van der Waals surface area contributed by atoms with Gasteiger partial charge >= 0.3 is 5.97 Å². The molecule has 138 valence electrons. The highest BCUT2D eigenvalue weighted by molar-refractivity contribution is 5.97. The summed E-state index contributed by atoms with van der Waals surface area (Å²) in [6.45, 7) is 3.98. The molecule has 1 aromatic rings. The van der Waals surface area contributed by atoms with Crippen LogP contribution < -0.4 is 5.32 Å². The number of carbonyl (C=O) groups is 2. The molecule has 0 atom stereocenters. The number of amides is 1. The third-order valence-electron chi connectivity index (χ3n) is 4.22. The van der Waals surface area contributed by atoms with Crippen LogP contribution in [0.1, 0.15) is 18.4 Å². The van der Waals surface area contributed by atoms with Crippen LogP contribution in [0, 0.1) is 11.3 Å². The lowest BCUT2D eigenvalue weighted by molar-refractivity contribution is -0.137. The standard InChI is InChI=1S/C19H24N4O3/c20-13-17(14-21-8-4-7-18(24)25)19(26)23-11-9-22(10-12-23)15-16-5-2-1-3-6-16/h1-3,5-6,14,21H,4,7-12,15H2,(H,24,25)/b17-14-. The molecule has 0 spiro atoms. The van der Waals surface area contributed by atoms with Gasteiger partial charge in [-0.3, -0.25) is 14.5 Å². The number of nitrogens with one attached hydrogen (secondary N) is 1. The molecule has 0 aliphatic carbocycles. The molecule has 0 aromatic heterocycles. The Kier molecular flexibility index (Phi) is 7.65. The minimum atomic E-state index is -0.860. The lowest BCUT2D eigenvalue weighted by Gasteiger charge is -2.34. The Bertz CT molecular complexity index is 674. The number of carbonyl (C=O) groups excluding carboxylic acids is 1. The first-order valence-electron chi connectivity index (χ1n) is 8.71. The number of carboxylic acid groups (broad SMARTS) is 1. The fourth-order valence-corrected chi connectivity index (χ4v) is 2.78. The Morgan fingerprint density at radius 1 is 1.19 bits per heavy atom. The number of rotatable bonds is 8. The number of piperazine rings is 1. The van der Waals surface area contributed by atoms with E-state index in [0.717, 1.165) is 19.6 Å². The van der Waals surface area contributed by atoms with Crippen LogP contribution >= 0.6 is 0 Å². The zero-order chi connectivity index (χ0) is 18.8. The average molecular weight is 356 g/mol. The summed E-state index contributed by atoms with van der Waals surface area (Å²) < 4.78 is 0. The number of aliphatic carboxylic acids is 1. The SMILES string of the molecule is N#C/C(=C/NCCCC(=O)O)C(=O)N1CCN(Cc2ccccc2)CC1. The summed E-state index contributed by atoms with van der Waals surface area (Å²) in [7, 11) is 0. The molecule has 1 aromatic carbocycles. The topological polar surface area (TPSA) is 96.7 Å². The maximum absolute atomic E-state index is 12.4. The van der Waals surface area contributed by atoms with Gasteiger partial charge in [0.1, 0.15) is 11.6 Å². The quantitative estimate of drug-likeness (QED) is 0.413. The van der Waals surface area contributed by atoms with E-state index in [-0.39, 0.29) is 17.9 Å². The fourth-order valence-electron chi connectivity index (χ4n) is 2.78. The van der Waals surface area contributed by atoms with Gasteiger partial charge in [0, 0.05) is 51.9 Å². The molecule has 2 rings (SSSR count). The number of nitrogens with zero attached hydrogens (tertiary/aromatic N) is 3. The van der Waals surface area contributed by atoms with Crippen molar-refractivity contribution in [1.29, 1.82) is 5.26 Å². The first-order chi connectivity index (χ1) is 12.6. The van der Waals surface area contributed by atoms with Crippen LogP contribution in [0.4, 0.5) is 0 Å². The predicted molar refractivity (Wildman–Crippen MR) is 96.9 cm³/mol. The minimum absolute atomic E-state index is 0.0526. The lowest BCUT2D eigenvalue weighted by atomic mass is 10.2. The molecule has 1 aliphatic rings. The summed E-state index contributed by atoms with van der Waals surface area (Å²) in [4.78, 5) is 26.9. The summed E-state index contributed by atoms with van der Waals surface area (Å²) in [5.41, 5.74) is 1.30. The highest BCUT2D eigenvalue weighted by Crippen LogP contribution is 2.10. The van der Waals surface area contributed by atoms with Gasteiger partial charge in [0.05, 0.1) is 0 Å². The van der Waals surface area contributed by atoms with E-state index in [2.05, 4.69) is 22.3 Å². The second-order valence-corrected chi connectivity index (χ2v) is 6.18. The maximum atomic E-state index is 12.4. The molecule has 1 heterocycles. The first kappa shape index (κ1) is 19.5. The Morgan fingerprint density at radius 2 is 1.88 bits per heavy atom. The molecule has 0 bridgehead atoms. The summed E-state index contributed by atoms with van der Waals surface area (Å²) >= 11 is 0. The molecule has 0 unspecified atom stereocenters. The molecular formula is C19H24N4O3. The molecule has 1 amide bonds. The highest BCUT2D eigenvalue weighted by atomic mass is 16.4. The third kappa shape index (κ3) is 6.22. The van der Waals surface area contributed by atoms with Gasteiger partial charge in [-0.2, -0.15) is 5.26 Å². The number of nitriles is 1. The molecular weight excluding hydrogens is 332 g/mol. The van der Waals surface area contributed by atoms with Crippen molar-refractivity contribution in [3.63, 3.8) is 0 Å². The van der Waals surface area contributed by atoms with E-state index in [4.69, 9.17) is 5.11 Å². The van der Waals surface area contributed by atoms with Crippen molar-refractivity contribution in [3.8, 4) is 6.07 Å². The third-order valence-corrected chi connectivity index (χ3v) is 4.22. The highest BCUT2D eigenvalue weighted by Gasteiger charge is 2.23. The Labute approximate surface area is 153 Å². The molecule has 7 nitrogen and oxygen atoms in total. The van der Waals surface area contributed by atoms with Crippen molar-refractivity contribution < 1.29 is 14.7 Å². The van der Waals surface area contributed by atoms with Crippen molar-refractivity contribution >= 4 is 11.9 Å². The maximum Gasteiger partial charge on any atom is 0.303 e. The van der Waals surface area contributed by atoms with Crippen LogP contribution in [0.3, 0.4) is 0 Å². The summed E-state index contributed by atoms with van der Waals surface area (Å²) in [5, 5.41) is 20.6. The largest absolute Gasteiger partial charge is 0.481 e. The van der Waals surface area contributed by atoms with Crippen LogP contribution in [0.25, 0.3) is 0 Å². The van der Waals surface area contributed by atoms with E-state index in [1.165, 1.54) is 11.8 Å². The van der Waals surface area contributed by atoms with Crippen molar-refractivity contribution in [1.82, 2.24) is 15.1 Å². The average Bonchev–Trinajstić information content (AvgIpc) is 2.65. The van der Waals surface area contributed by atoms with Gasteiger partial charge in [0.25, 0.3) is 5.91 Å². The number of hydrogen-bond acceptors (Lipinski definition) is 5. The van der Waals surface area contributed by atoms with Gasteiger partial charge in [-0.15, -0.1) is 0 Å². The Morgan fingerprint density at radius 3 is 2.50 bits per heavy atom. The van der Waals surface area contributed by atoms with Crippen LogP contribution in [0.2, 0.25) is 0 Å². The van der Waals surface area contributed by atoms with Crippen molar-refractivity contribution in [2.75, 3.05) is 32.7 Å². The lowest BCUT2D eigenvalue weighted by Crippen LogP contribution is -2.48. The predicted octanol–water partition coefficient (Wildman–Crippen LogP) is 1.19. The molecule has 26 heavy (non-hydrogen) atoms. The fraction of sp³-hybridized carbons (Fsp3) is 0.421. The summed E-state index contributed by atoms with van der Waals surface area (Å²) in [6.07, 6.45) is 1.89. The van der Waals surface area contributed by atoms with E-state index >= 15 is 0 Å². The molecule has 2 N–H and O–H groups in total. The smallest absolute Gasteiger partial charge is 0.303 e. The Hall–Kier alpha value is -2.85. The van der Waals surface area contributed by atoms with Crippen LogP contribution in [0.15, 0.2) is 42.1 Å². The summed E-state index contributed by atoms with van der Waals surface area (Å²) in [5.74, 6) is -1.14. The molecule has 1 saturated heterocycles. The van der Waals surface area contributed by atoms with Gasteiger partial charge in [-0.05, 0) is 12.0 Å². The minimum Gasteiger partial charge on any atom is -0.481 e. The molecule has 1 fully saturated rings. The van der Waals surface area contributed by atoms with E-state index in [0.29, 0.717) is 26.1 Å². The van der Waals surface area contributed by atoms with Gasteiger partial charge in [0.2, 0.25) is 0 Å². The van der Waals surface area contributed by atoms with E-state index in [9.17, 15) is 14.9 Å². The monoisotopic (exact) mass is 356 g/mol. The second kappa shape index (κ2) is 10.2. The van der Waals surface area contributed by atoms with E-state index in [1.807, 2.05) is 24.3 Å². The second-order valence-electron chi connectivity index (χ2n) is 6.18. The molecule has 0 saturated carbocycles. The van der Waals surface area contributed by atoms with E-state index in [1.54, 1.807) is 4.90 Å². The van der Waals surface area contributed by atoms with Gasteiger partial charge in [-0.1, -0.05) is 30.3 Å². The normalized spacial score (nSPS) is 15.3. The van der Waals surface area contributed by atoms with Crippen LogP contribution in [-0.4, -0.2) is 59.5 Å². The number of carboxylic acids is 1. The Balaban J connectivity index is 1.78. The van der Waals surface area contributed by atoms with Crippen LogP contribution in [0.5, 0.6) is 0 Å². The number of hydrogen-bond donors (Lipinski definition) is 2. The van der Waals surface area contributed by atoms with Crippen LogP contribution in [-0.2, 0) is 16.1 Å². The van der Waals surface area contributed by atoms with E-state index < -0.39 is 5.97 Å². The first-order valence-corrected chi connectivity index (χ1v) is 8.71.